The number of nitrogens with one attached hydrogen (secondary N) is 1. The Labute approximate surface area is 189 Å². The fourth-order valence-electron chi connectivity index (χ4n) is 4.37. The number of likely N-dealkylation sites (tertiary alicyclic amines) is 1. The second-order valence-corrected chi connectivity index (χ2v) is 8.34. The molecule has 0 aliphatic carbocycles. The lowest BCUT2D eigenvalue weighted by Crippen LogP contribution is -2.53. The molecule has 3 aromatic heterocycles. The number of aliphatic hydroxyl groups is 1. The van der Waals surface area contributed by atoms with Gasteiger partial charge in [0.25, 0.3) is 5.56 Å². The summed E-state index contributed by atoms with van der Waals surface area (Å²) in [7, 11) is 0. The standard InChI is InChI=1S/C23H26FN5O4/c24-15-9-19-17(26-11-15)1-2-23(31)29(19)6-5-28-4-3-18(20(30)14-28)27-12-16-10-21-22(13-25-16)33-8-7-32-21/h1-2,9-11,13,18,20,27,30H,3-8,12,14H2/t18-,20+/m1/s1. The average Bonchev–Trinajstić information content (AvgIpc) is 2.82. The average molecular weight is 455 g/mol. The maximum Gasteiger partial charge on any atom is 0.251 e. The summed E-state index contributed by atoms with van der Waals surface area (Å²) < 4.78 is 26.3. The second-order valence-electron chi connectivity index (χ2n) is 8.34. The van der Waals surface area contributed by atoms with Crippen LogP contribution in [0, 0.1) is 5.82 Å². The fourth-order valence-corrected chi connectivity index (χ4v) is 4.37. The summed E-state index contributed by atoms with van der Waals surface area (Å²) in [5.74, 6) is 0.876. The van der Waals surface area contributed by atoms with E-state index in [9.17, 15) is 14.3 Å². The lowest BCUT2D eigenvalue weighted by Gasteiger charge is -2.36. The highest BCUT2D eigenvalue weighted by molar-refractivity contribution is 5.74. The summed E-state index contributed by atoms with van der Waals surface area (Å²) in [6, 6.07) is 6.19. The number of aliphatic hydroxyl groups excluding tert-OH is 1. The van der Waals surface area contributed by atoms with Crippen LogP contribution in [0.15, 0.2) is 41.5 Å². The van der Waals surface area contributed by atoms with Crippen molar-refractivity contribution in [1.82, 2.24) is 24.8 Å². The molecule has 0 spiro atoms. The molecule has 9 nitrogen and oxygen atoms in total. The summed E-state index contributed by atoms with van der Waals surface area (Å²) >= 11 is 0. The SMILES string of the molecule is O=c1ccc2ncc(F)cc2n1CCN1CC[C@@H](NCc2cc3c(cn2)OCCO3)[C@@H](O)C1. The Hall–Kier alpha value is -3.08. The van der Waals surface area contributed by atoms with Gasteiger partial charge in [0.15, 0.2) is 11.5 Å². The molecule has 0 bridgehead atoms. The Kier molecular flexibility index (Phi) is 6.21. The highest BCUT2D eigenvalue weighted by atomic mass is 19.1. The number of β-amino-alcohol motifs (C(OH)–C–C–N with tert-alkyl or cyclic N) is 1. The van der Waals surface area contributed by atoms with E-state index in [4.69, 9.17) is 9.47 Å². The second kappa shape index (κ2) is 9.42. The maximum atomic E-state index is 13.7. The van der Waals surface area contributed by atoms with E-state index in [1.807, 2.05) is 6.07 Å². The van der Waals surface area contributed by atoms with Gasteiger partial charge in [-0.05, 0) is 19.0 Å². The molecule has 174 valence electrons. The molecule has 2 aliphatic heterocycles. The number of pyridine rings is 3. The minimum Gasteiger partial charge on any atom is -0.486 e. The van der Waals surface area contributed by atoms with E-state index in [1.54, 1.807) is 12.3 Å². The topological polar surface area (TPSA) is 102 Å². The normalized spacial score (nSPS) is 20.8. The Morgan fingerprint density at radius 1 is 1.12 bits per heavy atom. The van der Waals surface area contributed by atoms with E-state index in [0.717, 1.165) is 24.9 Å². The number of rotatable bonds is 6. The van der Waals surface area contributed by atoms with E-state index in [1.165, 1.54) is 16.7 Å². The molecular formula is C23H26FN5O4. The van der Waals surface area contributed by atoms with Gasteiger partial charge in [-0.2, -0.15) is 0 Å². The van der Waals surface area contributed by atoms with Gasteiger partial charge in [0.1, 0.15) is 19.0 Å². The lowest BCUT2D eigenvalue weighted by molar-refractivity contribution is 0.0384. The number of fused-ring (bicyclic) bond motifs is 2. The van der Waals surface area contributed by atoms with E-state index >= 15 is 0 Å². The van der Waals surface area contributed by atoms with Crippen LogP contribution in [0.4, 0.5) is 4.39 Å². The van der Waals surface area contributed by atoms with Gasteiger partial charge in [0.2, 0.25) is 0 Å². The molecule has 5 heterocycles. The number of piperidine rings is 1. The minimum absolute atomic E-state index is 0.0603. The molecule has 0 unspecified atom stereocenters. The van der Waals surface area contributed by atoms with Gasteiger partial charge < -0.3 is 24.5 Å². The Balaban J connectivity index is 1.16. The van der Waals surface area contributed by atoms with Gasteiger partial charge in [0, 0.05) is 50.4 Å². The molecule has 1 saturated heterocycles. The van der Waals surface area contributed by atoms with Crippen LogP contribution >= 0.6 is 0 Å². The summed E-state index contributed by atoms with van der Waals surface area (Å²) in [6.45, 7) is 3.80. The first-order valence-corrected chi connectivity index (χ1v) is 11.1. The molecule has 10 heteroatoms. The molecule has 5 rings (SSSR count). The molecule has 0 amide bonds. The summed E-state index contributed by atoms with van der Waals surface area (Å²) in [5.41, 5.74) is 1.68. The zero-order chi connectivity index (χ0) is 22.8. The number of hydrogen-bond donors (Lipinski definition) is 2. The predicted molar refractivity (Wildman–Crippen MR) is 119 cm³/mol. The number of nitrogens with zero attached hydrogens (tertiary/aromatic N) is 4. The zero-order valence-electron chi connectivity index (χ0n) is 18.1. The Morgan fingerprint density at radius 2 is 1.97 bits per heavy atom. The first-order chi connectivity index (χ1) is 16.1. The van der Waals surface area contributed by atoms with Crippen molar-refractivity contribution < 1.29 is 19.0 Å². The van der Waals surface area contributed by atoms with E-state index in [-0.39, 0.29) is 11.6 Å². The molecule has 2 aliphatic rings. The predicted octanol–water partition coefficient (Wildman–Crippen LogP) is 0.927. The van der Waals surface area contributed by atoms with Crippen LogP contribution < -0.4 is 20.3 Å². The summed E-state index contributed by atoms with van der Waals surface area (Å²) in [5, 5.41) is 14.1. The summed E-state index contributed by atoms with van der Waals surface area (Å²) in [4.78, 5) is 22.9. The van der Waals surface area contributed by atoms with Gasteiger partial charge in [-0.25, -0.2) is 4.39 Å². The van der Waals surface area contributed by atoms with Gasteiger partial charge >= 0.3 is 0 Å². The molecule has 1 fully saturated rings. The van der Waals surface area contributed by atoms with Crippen molar-refractivity contribution >= 4 is 11.0 Å². The van der Waals surface area contributed by atoms with Crippen molar-refractivity contribution in [2.75, 3.05) is 32.8 Å². The molecule has 0 radical (unpaired) electrons. The largest absolute Gasteiger partial charge is 0.486 e. The van der Waals surface area contributed by atoms with Crippen LogP contribution in [-0.4, -0.2) is 69.5 Å². The molecule has 0 aromatic carbocycles. The van der Waals surface area contributed by atoms with Crippen LogP contribution in [0.5, 0.6) is 11.5 Å². The van der Waals surface area contributed by atoms with Crippen molar-refractivity contribution in [3.05, 3.63) is 58.5 Å². The number of ether oxygens (including phenoxy) is 2. The quantitative estimate of drug-likeness (QED) is 0.566. The molecule has 33 heavy (non-hydrogen) atoms. The maximum absolute atomic E-state index is 13.7. The van der Waals surface area contributed by atoms with Gasteiger partial charge in [-0.1, -0.05) is 0 Å². The number of aromatic nitrogens is 3. The van der Waals surface area contributed by atoms with Crippen molar-refractivity contribution in [2.45, 2.75) is 31.7 Å². The monoisotopic (exact) mass is 455 g/mol. The van der Waals surface area contributed by atoms with Crippen molar-refractivity contribution in [3.8, 4) is 11.5 Å². The van der Waals surface area contributed by atoms with Crippen LogP contribution in [0.2, 0.25) is 0 Å². The highest BCUT2D eigenvalue weighted by Crippen LogP contribution is 2.29. The number of hydrogen-bond acceptors (Lipinski definition) is 8. The molecular weight excluding hydrogens is 429 g/mol. The molecule has 2 N–H and O–H groups in total. The van der Waals surface area contributed by atoms with Gasteiger partial charge in [-0.3, -0.25) is 19.7 Å². The lowest BCUT2D eigenvalue weighted by atomic mass is 10.0. The molecule has 2 atom stereocenters. The van der Waals surface area contributed by atoms with Crippen LogP contribution in [0.1, 0.15) is 12.1 Å². The summed E-state index contributed by atoms with van der Waals surface area (Å²) in [6.07, 6.45) is 3.01. The molecule has 0 saturated carbocycles. The van der Waals surface area contributed by atoms with E-state index in [0.29, 0.717) is 61.9 Å². The fraction of sp³-hybridized carbons (Fsp3) is 0.435. The Bertz CT molecular complexity index is 1200. The third-order valence-corrected chi connectivity index (χ3v) is 6.14. The van der Waals surface area contributed by atoms with Crippen LogP contribution in [0.3, 0.4) is 0 Å². The van der Waals surface area contributed by atoms with Crippen molar-refractivity contribution in [2.24, 2.45) is 0 Å². The third kappa shape index (κ3) is 4.82. The first kappa shape index (κ1) is 21.7. The smallest absolute Gasteiger partial charge is 0.251 e. The van der Waals surface area contributed by atoms with E-state index < -0.39 is 11.9 Å². The minimum atomic E-state index is -0.556. The zero-order valence-corrected chi connectivity index (χ0v) is 18.1. The van der Waals surface area contributed by atoms with Crippen molar-refractivity contribution in [1.29, 1.82) is 0 Å². The third-order valence-electron chi connectivity index (χ3n) is 6.14. The number of halogens is 1. The van der Waals surface area contributed by atoms with Gasteiger partial charge in [-0.15, -0.1) is 0 Å². The highest BCUT2D eigenvalue weighted by Gasteiger charge is 2.27. The Morgan fingerprint density at radius 3 is 2.82 bits per heavy atom. The first-order valence-electron chi connectivity index (χ1n) is 11.1. The van der Waals surface area contributed by atoms with Crippen LogP contribution in [0.25, 0.3) is 11.0 Å². The molecule has 3 aromatic rings. The van der Waals surface area contributed by atoms with Gasteiger partial charge in [0.05, 0.1) is 35.2 Å². The van der Waals surface area contributed by atoms with E-state index in [2.05, 4.69) is 20.2 Å². The van der Waals surface area contributed by atoms with Crippen molar-refractivity contribution in [3.63, 3.8) is 0 Å². The van der Waals surface area contributed by atoms with Crippen LogP contribution in [-0.2, 0) is 13.1 Å².